The van der Waals surface area contributed by atoms with Crippen LogP contribution in [0, 0.1) is 30.9 Å². The summed E-state index contributed by atoms with van der Waals surface area (Å²) in [5.74, 6) is -0.273. The maximum absolute atomic E-state index is 12.3. The first-order valence-corrected chi connectivity index (χ1v) is 8.06. The minimum atomic E-state index is -0.484. The number of carbonyl (C=O) groups is 1. The number of nitrogens with zero attached hydrogens (tertiary/aromatic N) is 2. The van der Waals surface area contributed by atoms with Crippen LogP contribution in [0.1, 0.15) is 22.3 Å². The van der Waals surface area contributed by atoms with Crippen molar-refractivity contribution in [3.63, 3.8) is 0 Å². The number of nitrogens with one attached hydrogen (secondary N) is 1. The van der Waals surface area contributed by atoms with Gasteiger partial charge in [0.25, 0.3) is 5.69 Å². The van der Waals surface area contributed by atoms with E-state index in [2.05, 4.69) is 17.4 Å². The maximum Gasteiger partial charge on any atom is 0.293 e. The van der Waals surface area contributed by atoms with E-state index < -0.39 is 4.92 Å². The second-order valence-corrected chi connectivity index (χ2v) is 6.38. The standard InChI is InChI=1S/C19H23N3O3/c1-13-8-9-16(15(3)10-13)11-21(4)12-18(23)20-19-14(2)6-5-7-17(19)22(24)25/h5-10H,11-12H2,1-4H3,(H,20,23). The van der Waals surface area contributed by atoms with Crippen LogP contribution in [0.15, 0.2) is 36.4 Å². The molecule has 0 saturated heterocycles. The Labute approximate surface area is 147 Å². The van der Waals surface area contributed by atoms with Gasteiger partial charge in [-0.1, -0.05) is 35.9 Å². The van der Waals surface area contributed by atoms with E-state index in [4.69, 9.17) is 0 Å². The van der Waals surface area contributed by atoms with Crippen molar-refractivity contribution in [2.45, 2.75) is 27.3 Å². The van der Waals surface area contributed by atoms with Crippen LogP contribution in [0.25, 0.3) is 0 Å². The molecule has 1 N–H and O–H groups in total. The Morgan fingerprint density at radius 1 is 1.16 bits per heavy atom. The van der Waals surface area contributed by atoms with Crippen molar-refractivity contribution in [3.8, 4) is 0 Å². The van der Waals surface area contributed by atoms with E-state index >= 15 is 0 Å². The largest absolute Gasteiger partial charge is 0.319 e. The predicted octanol–water partition coefficient (Wildman–Crippen LogP) is 3.59. The normalized spacial score (nSPS) is 10.8. The lowest BCUT2D eigenvalue weighted by molar-refractivity contribution is -0.384. The van der Waals surface area contributed by atoms with Crippen molar-refractivity contribution in [3.05, 3.63) is 68.8 Å². The topological polar surface area (TPSA) is 75.5 Å². The number of benzene rings is 2. The van der Waals surface area contributed by atoms with E-state index in [1.54, 1.807) is 19.1 Å². The van der Waals surface area contributed by atoms with Gasteiger partial charge in [0, 0.05) is 12.6 Å². The molecule has 0 saturated carbocycles. The van der Waals surface area contributed by atoms with Gasteiger partial charge in [-0.05, 0) is 44.5 Å². The number of likely N-dealkylation sites (N-methyl/N-ethyl adjacent to an activating group) is 1. The SMILES string of the molecule is Cc1ccc(CN(C)CC(=O)Nc2c(C)cccc2[N+](=O)[O-])c(C)c1. The summed E-state index contributed by atoms with van der Waals surface area (Å²) in [7, 11) is 1.85. The first kappa shape index (κ1) is 18.6. The lowest BCUT2D eigenvalue weighted by atomic mass is 10.1. The van der Waals surface area contributed by atoms with Crippen molar-refractivity contribution in [1.29, 1.82) is 0 Å². The highest BCUT2D eigenvalue weighted by Gasteiger charge is 2.18. The van der Waals surface area contributed by atoms with Gasteiger partial charge in [0.2, 0.25) is 5.91 Å². The second kappa shape index (κ2) is 7.90. The highest BCUT2D eigenvalue weighted by molar-refractivity contribution is 5.95. The molecule has 2 aromatic carbocycles. The van der Waals surface area contributed by atoms with Gasteiger partial charge in [0.05, 0.1) is 11.5 Å². The summed E-state index contributed by atoms with van der Waals surface area (Å²) in [6.07, 6.45) is 0. The molecule has 0 aliphatic rings. The zero-order chi connectivity index (χ0) is 18.6. The summed E-state index contributed by atoms with van der Waals surface area (Å²) >= 11 is 0. The van der Waals surface area contributed by atoms with E-state index in [1.807, 2.05) is 31.9 Å². The van der Waals surface area contributed by atoms with Crippen LogP contribution in [0.3, 0.4) is 0 Å². The summed E-state index contributed by atoms with van der Waals surface area (Å²) in [6.45, 7) is 6.62. The molecular weight excluding hydrogens is 318 g/mol. The zero-order valence-corrected chi connectivity index (χ0v) is 15.0. The van der Waals surface area contributed by atoms with Crippen LogP contribution in [0.5, 0.6) is 0 Å². The fraction of sp³-hybridized carbons (Fsp3) is 0.316. The van der Waals surface area contributed by atoms with Crippen molar-refractivity contribution < 1.29 is 9.72 Å². The molecule has 0 aliphatic carbocycles. The van der Waals surface area contributed by atoms with Crippen LogP contribution < -0.4 is 5.32 Å². The van der Waals surface area contributed by atoms with Crippen LogP contribution in [0.4, 0.5) is 11.4 Å². The molecule has 2 rings (SSSR count). The third kappa shape index (κ3) is 4.87. The van der Waals surface area contributed by atoms with Crippen molar-refractivity contribution in [2.24, 2.45) is 0 Å². The molecule has 6 nitrogen and oxygen atoms in total. The molecule has 0 fully saturated rings. The van der Waals surface area contributed by atoms with E-state index in [1.165, 1.54) is 17.2 Å². The van der Waals surface area contributed by atoms with E-state index in [9.17, 15) is 14.9 Å². The monoisotopic (exact) mass is 341 g/mol. The number of amides is 1. The average molecular weight is 341 g/mol. The van der Waals surface area contributed by atoms with Gasteiger partial charge in [-0.3, -0.25) is 19.8 Å². The quantitative estimate of drug-likeness (QED) is 0.643. The number of aryl methyl sites for hydroxylation is 3. The Balaban J connectivity index is 2.04. The molecule has 0 heterocycles. The minimum Gasteiger partial charge on any atom is -0.319 e. The Kier molecular flexibility index (Phi) is 5.88. The van der Waals surface area contributed by atoms with Gasteiger partial charge >= 0.3 is 0 Å². The molecule has 25 heavy (non-hydrogen) atoms. The van der Waals surface area contributed by atoms with E-state index in [0.717, 1.165) is 5.56 Å². The van der Waals surface area contributed by atoms with Crippen LogP contribution >= 0.6 is 0 Å². The van der Waals surface area contributed by atoms with Crippen LogP contribution in [-0.4, -0.2) is 29.3 Å². The first-order chi connectivity index (χ1) is 11.8. The van der Waals surface area contributed by atoms with E-state index in [-0.39, 0.29) is 23.8 Å². The van der Waals surface area contributed by atoms with Gasteiger partial charge in [-0.25, -0.2) is 0 Å². The molecule has 0 radical (unpaired) electrons. The summed E-state index contributed by atoms with van der Waals surface area (Å²) in [4.78, 5) is 24.8. The lowest BCUT2D eigenvalue weighted by Crippen LogP contribution is -2.30. The smallest absolute Gasteiger partial charge is 0.293 e. The molecular formula is C19H23N3O3. The van der Waals surface area contributed by atoms with Gasteiger partial charge in [0.15, 0.2) is 0 Å². The molecule has 0 bridgehead atoms. The molecule has 2 aromatic rings. The third-order valence-electron chi connectivity index (χ3n) is 4.06. The number of rotatable bonds is 6. The predicted molar refractivity (Wildman–Crippen MR) is 98.7 cm³/mol. The fourth-order valence-corrected chi connectivity index (χ4v) is 2.76. The van der Waals surface area contributed by atoms with Crippen molar-refractivity contribution in [1.82, 2.24) is 4.90 Å². The highest BCUT2D eigenvalue weighted by atomic mass is 16.6. The summed E-state index contributed by atoms with van der Waals surface area (Å²) < 4.78 is 0. The van der Waals surface area contributed by atoms with Gasteiger partial charge in [-0.2, -0.15) is 0 Å². The lowest BCUT2D eigenvalue weighted by Gasteiger charge is -2.18. The van der Waals surface area contributed by atoms with Crippen molar-refractivity contribution in [2.75, 3.05) is 18.9 Å². The number of carbonyl (C=O) groups excluding carboxylic acids is 1. The highest BCUT2D eigenvalue weighted by Crippen LogP contribution is 2.27. The van der Waals surface area contributed by atoms with Gasteiger partial charge in [-0.15, -0.1) is 0 Å². The van der Waals surface area contributed by atoms with Crippen LogP contribution in [-0.2, 0) is 11.3 Å². The summed E-state index contributed by atoms with van der Waals surface area (Å²) in [6, 6.07) is 11.0. The maximum atomic E-state index is 12.3. The Morgan fingerprint density at radius 2 is 1.88 bits per heavy atom. The fourth-order valence-electron chi connectivity index (χ4n) is 2.76. The van der Waals surface area contributed by atoms with Gasteiger partial charge in [0.1, 0.15) is 5.69 Å². The molecule has 0 aromatic heterocycles. The Bertz CT molecular complexity index is 802. The number of hydrogen-bond acceptors (Lipinski definition) is 4. The Hall–Kier alpha value is -2.73. The Morgan fingerprint density at radius 3 is 2.52 bits per heavy atom. The molecule has 132 valence electrons. The summed E-state index contributed by atoms with van der Waals surface area (Å²) in [5, 5.41) is 13.8. The molecule has 0 unspecified atom stereocenters. The third-order valence-corrected chi connectivity index (χ3v) is 4.06. The van der Waals surface area contributed by atoms with Gasteiger partial charge < -0.3 is 5.32 Å². The molecule has 1 amide bonds. The zero-order valence-electron chi connectivity index (χ0n) is 15.0. The average Bonchev–Trinajstić information content (AvgIpc) is 2.51. The first-order valence-electron chi connectivity index (χ1n) is 8.06. The minimum absolute atomic E-state index is 0.0922. The van der Waals surface area contributed by atoms with Crippen molar-refractivity contribution >= 4 is 17.3 Å². The molecule has 0 aliphatic heterocycles. The molecule has 0 atom stereocenters. The number of para-hydroxylation sites is 1. The number of anilines is 1. The number of nitro groups is 1. The number of hydrogen-bond donors (Lipinski definition) is 1. The van der Waals surface area contributed by atoms with E-state index in [0.29, 0.717) is 12.1 Å². The second-order valence-electron chi connectivity index (χ2n) is 6.38. The molecule has 6 heteroatoms. The molecule has 0 spiro atoms. The van der Waals surface area contributed by atoms with Crippen LogP contribution in [0.2, 0.25) is 0 Å². The number of nitro benzene ring substituents is 1. The summed E-state index contributed by atoms with van der Waals surface area (Å²) in [5.41, 5.74) is 4.38.